The van der Waals surface area contributed by atoms with Crippen LogP contribution in [0.25, 0.3) is 0 Å². The summed E-state index contributed by atoms with van der Waals surface area (Å²) in [5.74, 6) is 0.930. The maximum absolute atomic E-state index is 12.3. The topological polar surface area (TPSA) is 103 Å². The zero-order valence-electron chi connectivity index (χ0n) is 16.9. The average molecular weight is 434 g/mol. The second-order valence-electron chi connectivity index (χ2n) is 7.18. The Morgan fingerprint density at radius 1 is 1.00 bits per heavy atom. The maximum Gasteiger partial charge on any atom is 0.262 e. The Morgan fingerprint density at radius 3 is 2.30 bits per heavy atom. The first-order valence-electron chi connectivity index (χ1n) is 9.76. The van der Waals surface area contributed by atoms with E-state index in [1.165, 1.54) is 0 Å². The molecule has 30 heavy (non-hydrogen) atoms. The first-order chi connectivity index (χ1) is 14.0. The molecule has 2 amide bonds. The number of para-hydroxylation sites is 2. The van der Waals surface area contributed by atoms with Crippen molar-refractivity contribution in [2.75, 3.05) is 24.4 Å². The molecule has 0 spiro atoms. The number of benzene rings is 2. The van der Waals surface area contributed by atoms with Crippen molar-refractivity contribution in [3.05, 3.63) is 48.5 Å². The van der Waals surface area contributed by atoms with E-state index in [2.05, 4.69) is 10.6 Å². The summed E-state index contributed by atoms with van der Waals surface area (Å²) in [4.78, 5) is 24.5. The second kappa shape index (κ2) is 11.4. The Kier molecular flexibility index (Phi) is 8.95. The number of hydrogen-bond donors (Lipinski definition) is 3. The van der Waals surface area contributed by atoms with Crippen molar-refractivity contribution < 1.29 is 19.1 Å². The molecule has 3 rings (SSSR count). The molecule has 0 bridgehead atoms. The number of anilines is 2. The van der Waals surface area contributed by atoms with Crippen LogP contribution in [0, 0.1) is 5.92 Å². The zero-order valence-corrected chi connectivity index (χ0v) is 17.7. The van der Waals surface area contributed by atoms with Crippen molar-refractivity contribution in [3.63, 3.8) is 0 Å². The van der Waals surface area contributed by atoms with Crippen LogP contribution < -0.4 is 25.8 Å². The first kappa shape index (κ1) is 23.5. The summed E-state index contributed by atoms with van der Waals surface area (Å²) in [5.41, 5.74) is 7.25. The van der Waals surface area contributed by atoms with Gasteiger partial charge in [0, 0.05) is 23.8 Å². The summed E-state index contributed by atoms with van der Waals surface area (Å²) in [7, 11) is 1.54. The Morgan fingerprint density at radius 2 is 1.67 bits per heavy atom. The Balaban J connectivity index is 0.00000320. The molecule has 1 aliphatic carbocycles. The minimum absolute atomic E-state index is 0. The van der Waals surface area contributed by atoms with Crippen LogP contribution in [-0.2, 0) is 9.59 Å². The predicted molar refractivity (Wildman–Crippen MR) is 119 cm³/mol. The molecular weight excluding hydrogens is 406 g/mol. The number of carbonyl (C=O) groups excluding carboxylic acids is 2. The summed E-state index contributed by atoms with van der Waals surface area (Å²) in [6.45, 7) is -0.156. The highest BCUT2D eigenvalue weighted by Gasteiger charge is 2.26. The number of nitrogens with one attached hydrogen (secondary N) is 2. The highest BCUT2D eigenvalue weighted by atomic mass is 35.5. The van der Waals surface area contributed by atoms with E-state index in [0.29, 0.717) is 29.3 Å². The molecule has 0 saturated heterocycles. The van der Waals surface area contributed by atoms with Gasteiger partial charge >= 0.3 is 0 Å². The van der Waals surface area contributed by atoms with E-state index in [1.807, 2.05) is 6.07 Å². The lowest BCUT2D eigenvalue weighted by Gasteiger charge is -2.15. The lowest BCUT2D eigenvalue weighted by Crippen LogP contribution is -2.28. The van der Waals surface area contributed by atoms with Gasteiger partial charge in [0.25, 0.3) is 5.91 Å². The number of carbonyl (C=O) groups is 2. The van der Waals surface area contributed by atoms with E-state index >= 15 is 0 Å². The molecule has 1 aliphatic rings. The van der Waals surface area contributed by atoms with Gasteiger partial charge < -0.3 is 25.8 Å². The zero-order chi connectivity index (χ0) is 20.6. The standard InChI is InChI=1S/C22H27N3O4.ClH/c1-28-19-10-2-3-11-20(19)29-14-22(27)25-17-8-5-7-16(13-17)24-21(26)12-15-6-4-9-18(15)23;/h2-3,5,7-8,10-11,13,15,18H,4,6,9,12,14,23H2,1H3,(H,24,26)(H,25,27);1H/t15-,18+;/m0./s1. The summed E-state index contributed by atoms with van der Waals surface area (Å²) in [6, 6.07) is 14.3. The van der Waals surface area contributed by atoms with E-state index in [4.69, 9.17) is 15.2 Å². The van der Waals surface area contributed by atoms with Gasteiger partial charge in [-0.25, -0.2) is 0 Å². The van der Waals surface area contributed by atoms with Crippen molar-refractivity contribution in [2.24, 2.45) is 11.7 Å². The Hall–Kier alpha value is -2.77. The van der Waals surface area contributed by atoms with Crippen LogP contribution in [0.4, 0.5) is 11.4 Å². The first-order valence-corrected chi connectivity index (χ1v) is 9.76. The number of amides is 2. The maximum atomic E-state index is 12.3. The molecular formula is C22H28ClN3O4. The number of methoxy groups -OCH3 is 1. The van der Waals surface area contributed by atoms with Gasteiger partial charge in [0.15, 0.2) is 18.1 Å². The minimum Gasteiger partial charge on any atom is -0.493 e. The molecule has 2 aromatic rings. The minimum atomic E-state index is -0.309. The van der Waals surface area contributed by atoms with Crippen molar-refractivity contribution in [2.45, 2.75) is 31.7 Å². The lowest BCUT2D eigenvalue weighted by atomic mass is 10.00. The van der Waals surface area contributed by atoms with Crippen LogP contribution in [0.5, 0.6) is 11.5 Å². The molecule has 8 heteroatoms. The van der Waals surface area contributed by atoms with Crippen LogP contribution in [0.2, 0.25) is 0 Å². The number of nitrogens with two attached hydrogens (primary N) is 1. The highest BCUT2D eigenvalue weighted by Crippen LogP contribution is 2.27. The van der Waals surface area contributed by atoms with Crippen molar-refractivity contribution in [1.82, 2.24) is 0 Å². The fourth-order valence-electron chi connectivity index (χ4n) is 3.52. The third-order valence-corrected chi connectivity index (χ3v) is 5.02. The van der Waals surface area contributed by atoms with Gasteiger partial charge in [-0.15, -0.1) is 12.4 Å². The quantitative estimate of drug-likeness (QED) is 0.590. The van der Waals surface area contributed by atoms with E-state index in [9.17, 15) is 9.59 Å². The molecule has 0 aliphatic heterocycles. The Labute approximate surface area is 182 Å². The average Bonchev–Trinajstić information content (AvgIpc) is 3.11. The van der Waals surface area contributed by atoms with Crippen LogP contribution in [0.1, 0.15) is 25.7 Å². The van der Waals surface area contributed by atoms with Crippen LogP contribution >= 0.6 is 12.4 Å². The van der Waals surface area contributed by atoms with Gasteiger partial charge in [-0.1, -0.05) is 24.6 Å². The molecule has 2 atom stereocenters. The largest absolute Gasteiger partial charge is 0.493 e. The normalized spacial score (nSPS) is 17.5. The third-order valence-electron chi connectivity index (χ3n) is 5.02. The monoisotopic (exact) mass is 433 g/mol. The summed E-state index contributed by atoms with van der Waals surface area (Å²) >= 11 is 0. The predicted octanol–water partition coefficient (Wildman–Crippen LogP) is 3.59. The van der Waals surface area contributed by atoms with Gasteiger partial charge in [-0.05, 0) is 49.1 Å². The fraction of sp³-hybridized carbons (Fsp3) is 0.364. The van der Waals surface area contributed by atoms with Gasteiger partial charge in [-0.3, -0.25) is 9.59 Å². The number of halogens is 1. The molecule has 4 N–H and O–H groups in total. The third kappa shape index (κ3) is 6.64. The smallest absolute Gasteiger partial charge is 0.262 e. The van der Waals surface area contributed by atoms with Crippen molar-refractivity contribution >= 4 is 35.6 Å². The van der Waals surface area contributed by atoms with Gasteiger partial charge in [0.1, 0.15) is 0 Å². The fourth-order valence-corrected chi connectivity index (χ4v) is 3.52. The molecule has 0 unspecified atom stereocenters. The second-order valence-corrected chi connectivity index (χ2v) is 7.18. The van der Waals surface area contributed by atoms with Gasteiger partial charge in [0.05, 0.1) is 7.11 Å². The molecule has 0 aromatic heterocycles. The molecule has 1 saturated carbocycles. The molecule has 7 nitrogen and oxygen atoms in total. The highest BCUT2D eigenvalue weighted by molar-refractivity contribution is 5.94. The summed E-state index contributed by atoms with van der Waals surface area (Å²) in [6.07, 6.45) is 3.48. The SMILES string of the molecule is COc1ccccc1OCC(=O)Nc1cccc(NC(=O)C[C@@H]2CCC[C@H]2N)c1.Cl. The lowest BCUT2D eigenvalue weighted by molar-refractivity contribution is -0.118. The molecule has 0 radical (unpaired) electrons. The van der Waals surface area contributed by atoms with E-state index in [0.717, 1.165) is 19.3 Å². The summed E-state index contributed by atoms with van der Waals surface area (Å²) < 4.78 is 10.7. The van der Waals surface area contributed by atoms with Crippen LogP contribution in [0.3, 0.4) is 0 Å². The molecule has 162 valence electrons. The number of hydrogen-bond acceptors (Lipinski definition) is 5. The van der Waals surface area contributed by atoms with Crippen molar-refractivity contribution in [1.29, 1.82) is 0 Å². The number of rotatable bonds is 8. The Bertz CT molecular complexity index is 862. The molecule has 1 fully saturated rings. The van der Waals surface area contributed by atoms with Gasteiger partial charge in [0.2, 0.25) is 5.91 Å². The van der Waals surface area contributed by atoms with Crippen LogP contribution in [-0.4, -0.2) is 31.6 Å². The number of ether oxygens (including phenoxy) is 2. The van der Waals surface area contributed by atoms with Crippen LogP contribution in [0.15, 0.2) is 48.5 Å². The van der Waals surface area contributed by atoms with E-state index in [1.54, 1.807) is 49.6 Å². The van der Waals surface area contributed by atoms with Crippen molar-refractivity contribution in [3.8, 4) is 11.5 Å². The van der Waals surface area contributed by atoms with Gasteiger partial charge in [-0.2, -0.15) is 0 Å². The van der Waals surface area contributed by atoms with E-state index in [-0.39, 0.29) is 42.8 Å². The molecule has 2 aromatic carbocycles. The summed E-state index contributed by atoms with van der Waals surface area (Å²) in [5, 5.41) is 5.65. The van der Waals surface area contributed by atoms with E-state index < -0.39 is 0 Å². The molecule has 0 heterocycles.